The number of guanidine groups is 1. The minimum absolute atomic E-state index is 0.0685. The summed E-state index contributed by atoms with van der Waals surface area (Å²) in [6.07, 6.45) is 1.27. The number of hydrogen-bond acceptors (Lipinski definition) is 6. The molecule has 1 aromatic carbocycles. The van der Waals surface area contributed by atoms with Crippen molar-refractivity contribution in [3.8, 4) is 11.5 Å². The van der Waals surface area contributed by atoms with Crippen LogP contribution in [0.2, 0.25) is 0 Å². The molecular weight excluding hydrogens is 266 g/mol. The fraction of sp³-hybridized carbons (Fsp3) is 0.273. The number of nitro groups is 1. The van der Waals surface area contributed by atoms with Crippen LogP contribution in [0.25, 0.3) is 0 Å². The molecule has 9 nitrogen and oxygen atoms in total. The molecule has 0 saturated heterocycles. The molecule has 9 heteroatoms. The first kappa shape index (κ1) is 15.2. The highest BCUT2D eigenvalue weighted by Gasteiger charge is 2.21. The summed E-state index contributed by atoms with van der Waals surface area (Å²) in [6.45, 7) is 2.00. The van der Waals surface area contributed by atoms with E-state index in [2.05, 4.69) is 10.2 Å². The zero-order chi connectivity index (χ0) is 15.1. The molecule has 0 spiro atoms. The molecule has 0 aromatic heterocycles. The van der Waals surface area contributed by atoms with Crippen LogP contribution in [0.3, 0.4) is 0 Å². The molecule has 0 bridgehead atoms. The second-order valence-corrected chi connectivity index (χ2v) is 3.53. The van der Waals surface area contributed by atoms with Crippen LogP contribution in [-0.4, -0.2) is 30.8 Å². The summed E-state index contributed by atoms with van der Waals surface area (Å²) in [6, 6.07) is 2.82. The highest BCUT2D eigenvalue weighted by Crippen LogP contribution is 2.37. The first-order chi connectivity index (χ1) is 9.49. The van der Waals surface area contributed by atoms with Crippen LogP contribution in [0.1, 0.15) is 12.5 Å². The smallest absolute Gasteiger partial charge is 0.315 e. The van der Waals surface area contributed by atoms with Crippen LogP contribution in [0.15, 0.2) is 22.3 Å². The maximum atomic E-state index is 11.1. The molecule has 0 atom stereocenters. The number of methoxy groups -OCH3 is 1. The van der Waals surface area contributed by atoms with Gasteiger partial charge in [-0.15, -0.1) is 5.10 Å². The Labute approximate surface area is 115 Å². The first-order valence-electron chi connectivity index (χ1n) is 5.60. The van der Waals surface area contributed by atoms with E-state index in [1.807, 2.05) is 0 Å². The number of nitrogens with two attached hydrogens (primary N) is 2. The average molecular weight is 281 g/mol. The van der Waals surface area contributed by atoms with Crippen molar-refractivity contribution in [1.29, 1.82) is 0 Å². The zero-order valence-corrected chi connectivity index (χ0v) is 11.1. The van der Waals surface area contributed by atoms with Gasteiger partial charge in [0.15, 0.2) is 5.75 Å². The van der Waals surface area contributed by atoms with Crippen LogP contribution < -0.4 is 20.9 Å². The van der Waals surface area contributed by atoms with Crippen LogP contribution >= 0.6 is 0 Å². The van der Waals surface area contributed by atoms with Gasteiger partial charge in [-0.1, -0.05) is 0 Å². The van der Waals surface area contributed by atoms with Crippen molar-refractivity contribution in [2.45, 2.75) is 6.92 Å². The average Bonchev–Trinajstić information content (AvgIpc) is 2.39. The topological polar surface area (TPSA) is 138 Å². The second-order valence-electron chi connectivity index (χ2n) is 3.53. The maximum absolute atomic E-state index is 11.1. The SMILES string of the molecule is CCOc1c(OC)cc(/C=N\N=C(N)N)cc1[N+](=O)[O-]. The Hall–Kier alpha value is -2.84. The second kappa shape index (κ2) is 6.92. The molecule has 0 aliphatic rings. The molecular formula is C11H15N5O4. The van der Waals surface area contributed by atoms with Gasteiger partial charge >= 0.3 is 5.69 Å². The standard InChI is InChI=1S/C11H15N5O4/c1-3-20-10-8(16(17)18)4-7(5-9(10)19-2)6-14-15-11(12)13/h4-6H,3H2,1-2H3,(H4,12,13,15)/b14-6-. The number of nitrogens with zero attached hydrogens (tertiary/aromatic N) is 3. The van der Waals surface area contributed by atoms with Crippen molar-refractivity contribution in [2.75, 3.05) is 13.7 Å². The molecule has 0 fully saturated rings. The lowest BCUT2D eigenvalue weighted by atomic mass is 10.2. The lowest BCUT2D eigenvalue weighted by molar-refractivity contribution is -0.385. The van der Waals surface area contributed by atoms with Gasteiger partial charge in [0.2, 0.25) is 11.7 Å². The van der Waals surface area contributed by atoms with Gasteiger partial charge in [-0.2, -0.15) is 5.10 Å². The summed E-state index contributed by atoms with van der Waals surface area (Å²) in [7, 11) is 1.39. The summed E-state index contributed by atoms with van der Waals surface area (Å²) in [5.41, 5.74) is 10.4. The molecule has 0 amide bonds. The van der Waals surface area contributed by atoms with Gasteiger partial charge in [-0.05, 0) is 13.0 Å². The van der Waals surface area contributed by atoms with Crippen molar-refractivity contribution in [3.63, 3.8) is 0 Å². The Morgan fingerprint density at radius 2 is 2.20 bits per heavy atom. The van der Waals surface area contributed by atoms with Crippen molar-refractivity contribution in [1.82, 2.24) is 0 Å². The van der Waals surface area contributed by atoms with E-state index >= 15 is 0 Å². The third-order valence-corrected chi connectivity index (χ3v) is 2.14. The minimum atomic E-state index is -0.564. The third-order valence-electron chi connectivity index (χ3n) is 2.14. The fourth-order valence-corrected chi connectivity index (χ4v) is 1.42. The summed E-state index contributed by atoms with van der Waals surface area (Å²) >= 11 is 0. The molecule has 0 heterocycles. The minimum Gasteiger partial charge on any atom is -0.493 e. The monoisotopic (exact) mass is 281 g/mol. The van der Waals surface area contributed by atoms with Crippen molar-refractivity contribution >= 4 is 17.9 Å². The van der Waals surface area contributed by atoms with Crippen LogP contribution in [0, 0.1) is 10.1 Å². The van der Waals surface area contributed by atoms with E-state index in [1.165, 1.54) is 25.5 Å². The highest BCUT2D eigenvalue weighted by molar-refractivity contribution is 5.84. The fourth-order valence-electron chi connectivity index (χ4n) is 1.42. The molecule has 20 heavy (non-hydrogen) atoms. The first-order valence-corrected chi connectivity index (χ1v) is 5.60. The highest BCUT2D eigenvalue weighted by atomic mass is 16.6. The number of hydrogen-bond donors (Lipinski definition) is 2. The molecule has 0 aliphatic carbocycles. The van der Waals surface area contributed by atoms with E-state index in [9.17, 15) is 10.1 Å². The van der Waals surface area contributed by atoms with Gasteiger partial charge in [-0.25, -0.2) is 0 Å². The molecule has 0 unspecified atom stereocenters. The molecule has 108 valence electrons. The van der Waals surface area contributed by atoms with Crippen LogP contribution in [-0.2, 0) is 0 Å². The molecule has 0 saturated carbocycles. The van der Waals surface area contributed by atoms with Crippen molar-refractivity contribution in [2.24, 2.45) is 21.7 Å². The number of rotatable bonds is 6. The Kier molecular flexibility index (Phi) is 5.27. The molecule has 1 rings (SSSR count). The van der Waals surface area contributed by atoms with Crippen molar-refractivity contribution < 1.29 is 14.4 Å². The Balaban J connectivity index is 3.29. The maximum Gasteiger partial charge on any atom is 0.315 e. The summed E-state index contributed by atoms with van der Waals surface area (Å²) in [5, 5.41) is 18.1. The molecule has 0 radical (unpaired) electrons. The van der Waals surface area contributed by atoms with E-state index < -0.39 is 4.92 Å². The Bertz CT molecular complexity index is 552. The molecule has 1 aromatic rings. The van der Waals surface area contributed by atoms with Crippen molar-refractivity contribution in [3.05, 3.63) is 27.8 Å². The Morgan fingerprint density at radius 1 is 1.50 bits per heavy atom. The zero-order valence-electron chi connectivity index (χ0n) is 11.1. The van der Waals surface area contributed by atoms with E-state index in [-0.39, 0.29) is 29.8 Å². The summed E-state index contributed by atoms with van der Waals surface area (Å²) < 4.78 is 10.3. The normalized spacial score (nSPS) is 10.3. The number of nitro benzene ring substituents is 1. The van der Waals surface area contributed by atoms with Gasteiger partial charge in [-0.3, -0.25) is 10.1 Å². The van der Waals surface area contributed by atoms with E-state index in [0.717, 1.165) is 0 Å². The summed E-state index contributed by atoms with van der Waals surface area (Å²) in [5.74, 6) is 0.0832. The van der Waals surface area contributed by atoms with Gasteiger partial charge < -0.3 is 20.9 Å². The van der Waals surface area contributed by atoms with E-state index in [0.29, 0.717) is 5.56 Å². The third kappa shape index (κ3) is 3.83. The lowest BCUT2D eigenvalue weighted by Crippen LogP contribution is -2.21. The lowest BCUT2D eigenvalue weighted by Gasteiger charge is -2.10. The van der Waals surface area contributed by atoms with Gasteiger partial charge in [0.05, 0.1) is 24.9 Å². The predicted octanol–water partition coefficient (Wildman–Crippen LogP) is 0.609. The van der Waals surface area contributed by atoms with Gasteiger partial charge in [0.25, 0.3) is 0 Å². The number of ether oxygens (including phenoxy) is 2. The molecule has 0 aliphatic heterocycles. The van der Waals surface area contributed by atoms with E-state index in [1.54, 1.807) is 6.92 Å². The van der Waals surface area contributed by atoms with Crippen LogP contribution in [0.4, 0.5) is 5.69 Å². The number of benzene rings is 1. The summed E-state index contributed by atoms with van der Waals surface area (Å²) in [4.78, 5) is 10.5. The van der Waals surface area contributed by atoms with Gasteiger partial charge in [0.1, 0.15) is 0 Å². The Morgan fingerprint density at radius 3 is 2.70 bits per heavy atom. The van der Waals surface area contributed by atoms with Crippen LogP contribution in [0.5, 0.6) is 11.5 Å². The largest absolute Gasteiger partial charge is 0.493 e. The molecule has 4 N–H and O–H groups in total. The predicted molar refractivity (Wildman–Crippen MR) is 74.2 cm³/mol. The van der Waals surface area contributed by atoms with E-state index in [4.69, 9.17) is 20.9 Å². The quantitative estimate of drug-likeness (QED) is 0.339. The van der Waals surface area contributed by atoms with Gasteiger partial charge in [0, 0.05) is 11.6 Å².